The zero-order valence-electron chi connectivity index (χ0n) is 12.1. The lowest BCUT2D eigenvalue weighted by atomic mass is 10.1. The van der Waals surface area contributed by atoms with Gasteiger partial charge in [0, 0.05) is 24.5 Å². The predicted octanol–water partition coefficient (Wildman–Crippen LogP) is 2.40. The maximum atomic E-state index is 12.0. The first-order valence-electron chi connectivity index (χ1n) is 7.21. The van der Waals surface area contributed by atoms with Gasteiger partial charge in [-0.25, -0.2) is 4.79 Å². The van der Waals surface area contributed by atoms with E-state index < -0.39 is 0 Å². The third-order valence-corrected chi connectivity index (χ3v) is 3.53. The topological polar surface area (TPSA) is 61.4 Å². The summed E-state index contributed by atoms with van der Waals surface area (Å²) >= 11 is 0. The molecular weight excluding hydrogens is 278 g/mol. The van der Waals surface area contributed by atoms with E-state index in [9.17, 15) is 9.59 Å². The molecule has 0 unspecified atom stereocenters. The average molecular weight is 295 g/mol. The van der Waals surface area contributed by atoms with Gasteiger partial charge in [-0.3, -0.25) is 9.69 Å². The van der Waals surface area contributed by atoms with Crippen molar-refractivity contribution in [2.45, 2.75) is 6.42 Å². The molecule has 3 amide bonds. The first kappa shape index (κ1) is 14.1. The molecule has 2 N–H and O–H groups in total. The van der Waals surface area contributed by atoms with Gasteiger partial charge in [0.15, 0.2) is 0 Å². The van der Waals surface area contributed by atoms with Gasteiger partial charge in [-0.15, -0.1) is 0 Å². The molecule has 2 aromatic carbocycles. The molecule has 112 valence electrons. The summed E-state index contributed by atoms with van der Waals surface area (Å²) in [4.78, 5) is 25.3. The Morgan fingerprint density at radius 3 is 2.45 bits per heavy atom. The smallest absolute Gasteiger partial charge is 0.321 e. The Labute approximate surface area is 128 Å². The van der Waals surface area contributed by atoms with Crippen LogP contribution in [-0.4, -0.2) is 25.0 Å². The van der Waals surface area contributed by atoms with Gasteiger partial charge in [0.2, 0.25) is 5.91 Å². The van der Waals surface area contributed by atoms with Crippen molar-refractivity contribution in [1.82, 2.24) is 5.32 Å². The lowest BCUT2D eigenvalue weighted by Gasteiger charge is -2.14. The summed E-state index contributed by atoms with van der Waals surface area (Å²) in [6, 6.07) is 16.8. The first-order valence-corrected chi connectivity index (χ1v) is 7.21. The standard InChI is InChI=1S/C17H17N3O2/c21-16(12-13-4-2-1-3-5-13)19-14-6-8-15(9-7-14)20-11-10-18-17(20)22/h1-9H,10-12H2,(H,18,22)(H,19,21). The van der Waals surface area contributed by atoms with Gasteiger partial charge in [-0.2, -0.15) is 0 Å². The Balaban J connectivity index is 1.61. The van der Waals surface area contributed by atoms with Crippen molar-refractivity contribution in [3.63, 3.8) is 0 Å². The van der Waals surface area contributed by atoms with Gasteiger partial charge in [0.1, 0.15) is 0 Å². The minimum absolute atomic E-state index is 0.0575. The number of carbonyl (C=O) groups excluding carboxylic acids is 2. The third-order valence-electron chi connectivity index (χ3n) is 3.53. The number of amides is 3. The summed E-state index contributed by atoms with van der Waals surface area (Å²) in [5.41, 5.74) is 2.53. The van der Waals surface area contributed by atoms with Crippen LogP contribution in [0.15, 0.2) is 54.6 Å². The number of carbonyl (C=O) groups is 2. The number of nitrogens with zero attached hydrogens (tertiary/aromatic N) is 1. The number of urea groups is 1. The van der Waals surface area contributed by atoms with Crippen molar-refractivity contribution in [1.29, 1.82) is 0 Å². The predicted molar refractivity (Wildman–Crippen MR) is 86.0 cm³/mol. The Morgan fingerprint density at radius 1 is 1.09 bits per heavy atom. The number of benzene rings is 2. The second-order valence-electron chi connectivity index (χ2n) is 5.14. The summed E-state index contributed by atoms with van der Waals surface area (Å²) in [6.45, 7) is 1.33. The average Bonchev–Trinajstić information content (AvgIpc) is 2.95. The minimum atomic E-state index is -0.0825. The number of hydrogen-bond donors (Lipinski definition) is 2. The lowest BCUT2D eigenvalue weighted by Crippen LogP contribution is -2.27. The third kappa shape index (κ3) is 3.25. The fraction of sp³-hybridized carbons (Fsp3) is 0.176. The molecule has 0 spiro atoms. The summed E-state index contributed by atoms with van der Waals surface area (Å²) in [6.07, 6.45) is 0.344. The van der Waals surface area contributed by atoms with Crippen molar-refractivity contribution < 1.29 is 9.59 Å². The maximum absolute atomic E-state index is 12.0. The Bertz CT molecular complexity index is 668. The van der Waals surface area contributed by atoms with Crippen molar-refractivity contribution in [3.8, 4) is 0 Å². The van der Waals surface area contributed by atoms with Crippen LogP contribution in [0, 0.1) is 0 Å². The van der Waals surface area contributed by atoms with E-state index in [0.29, 0.717) is 19.5 Å². The zero-order valence-corrected chi connectivity index (χ0v) is 12.1. The second kappa shape index (κ2) is 6.30. The number of nitrogens with one attached hydrogen (secondary N) is 2. The molecule has 0 atom stereocenters. The van der Waals surface area contributed by atoms with E-state index in [1.807, 2.05) is 54.6 Å². The number of anilines is 2. The van der Waals surface area contributed by atoms with Gasteiger partial charge in [-0.05, 0) is 29.8 Å². The van der Waals surface area contributed by atoms with E-state index >= 15 is 0 Å². The molecule has 5 heteroatoms. The highest BCUT2D eigenvalue weighted by Crippen LogP contribution is 2.19. The quantitative estimate of drug-likeness (QED) is 0.910. The monoisotopic (exact) mass is 295 g/mol. The van der Waals surface area contributed by atoms with Crippen molar-refractivity contribution >= 4 is 23.3 Å². The van der Waals surface area contributed by atoms with E-state index in [2.05, 4.69) is 10.6 Å². The van der Waals surface area contributed by atoms with Crippen LogP contribution in [0.25, 0.3) is 0 Å². The van der Waals surface area contributed by atoms with Gasteiger partial charge in [0.25, 0.3) is 0 Å². The van der Waals surface area contributed by atoms with Crippen LogP contribution >= 0.6 is 0 Å². The molecule has 0 saturated carbocycles. The Hall–Kier alpha value is -2.82. The summed E-state index contributed by atoms with van der Waals surface area (Å²) < 4.78 is 0. The van der Waals surface area contributed by atoms with E-state index in [1.165, 1.54) is 0 Å². The van der Waals surface area contributed by atoms with E-state index in [-0.39, 0.29) is 11.9 Å². The normalized spacial score (nSPS) is 13.8. The van der Waals surface area contributed by atoms with Crippen LogP contribution < -0.4 is 15.5 Å². The van der Waals surface area contributed by atoms with Gasteiger partial charge >= 0.3 is 6.03 Å². The lowest BCUT2D eigenvalue weighted by molar-refractivity contribution is -0.115. The fourth-order valence-corrected chi connectivity index (χ4v) is 2.43. The molecule has 1 heterocycles. The molecule has 1 saturated heterocycles. The molecule has 22 heavy (non-hydrogen) atoms. The van der Waals surface area contributed by atoms with Gasteiger partial charge in [0.05, 0.1) is 6.42 Å². The van der Waals surface area contributed by atoms with Crippen LogP contribution in [-0.2, 0) is 11.2 Å². The van der Waals surface area contributed by atoms with Crippen molar-refractivity contribution in [2.24, 2.45) is 0 Å². The Kier molecular flexibility index (Phi) is 4.05. The van der Waals surface area contributed by atoms with Crippen molar-refractivity contribution in [3.05, 3.63) is 60.2 Å². The highest BCUT2D eigenvalue weighted by atomic mass is 16.2. The largest absolute Gasteiger partial charge is 0.336 e. The molecule has 0 radical (unpaired) electrons. The zero-order chi connectivity index (χ0) is 15.4. The summed E-state index contributed by atoms with van der Waals surface area (Å²) in [5.74, 6) is -0.0575. The van der Waals surface area contributed by atoms with Gasteiger partial charge < -0.3 is 10.6 Å². The minimum Gasteiger partial charge on any atom is -0.336 e. The summed E-state index contributed by atoms with van der Waals surface area (Å²) in [5, 5.41) is 5.62. The maximum Gasteiger partial charge on any atom is 0.321 e. The first-order chi connectivity index (χ1) is 10.7. The van der Waals surface area contributed by atoms with Crippen molar-refractivity contribution in [2.75, 3.05) is 23.3 Å². The van der Waals surface area contributed by atoms with Crippen LogP contribution in [0.3, 0.4) is 0 Å². The van der Waals surface area contributed by atoms with E-state index in [0.717, 1.165) is 16.9 Å². The highest BCUT2D eigenvalue weighted by Gasteiger charge is 2.20. The van der Waals surface area contributed by atoms with E-state index in [1.54, 1.807) is 4.90 Å². The molecule has 3 rings (SSSR count). The van der Waals surface area contributed by atoms with Gasteiger partial charge in [-0.1, -0.05) is 30.3 Å². The molecule has 0 bridgehead atoms. The molecule has 0 aromatic heterocycles. The molecule has 1 fully saturated rings. The summed E-state index contributed by atoms with van der Waals surface area (Å²) in [7, 11) is 0. The van der Waals surface area contributed by atoms with Crippen LogP contribution in [0.4, 0.5) is 16.2 Å². The SMILES string of the molecule is O=C(Cc1ccccc1)Nc1ccc(N2CCNC2=O)cc1. The molecule has 0 aliphatic carbocycles. The highest BCUT2D eigenvalue weighted by molar-refractivity contribution is 5.95. The fourth-order valence-electron chi connectivity index (χ4n) is 2.43. The van der Waals surface area contributed by atoms with E-state index in [4.69, 9.17) is 0 Å². The van der Waals surface area contributed by atoms with Crippen LogP contribution in [0.1, 0.15) is 5.56 Å². The molecule has 5 nitrogen and oxygen atoms in total. The second-order valence-corrected chi connectivity index (χ2v) is 5.14. The van der Waals surface area contributed by atoms with Crippen LogP contribution in [0.2, 0.25) is 0 Å². The molecule has 2 aromatic rings. The Morgan fingerprint density at radius 2 is 1.82 bits per heavy atom. The van der Waals surface area contributed by atoms with Crippen LogP contribution in [0.5, 0.6) is 0 Å². The molecular formula is C17H17N3O2. The number of rotatable bonds is 4. The molecule has 1 aliphatic rings. The molecule has 1 aliphatic heterocycles. The number of hydrogen-bond acceptors (Lipinski definition) is 2.